The molecule has 0 saturated heterocycles. The summed E-state index contributed by atoms with van der Waals surface area (Å²) in [5.41, 5.74) is 3.82. The first kappa shape index (κ1) is 17.7. The minimum atomic E-state index is -0.156. The van der Waals surface area contributed by atoms with Crippen LogP contribution < -0.4 is 10.1 Å². The number of hydrogen-bond donors (Lipinski definition) is 1. The van der Waals surface area contributed by atoms with E-state index in [4.69, 9.17) is 9.72 Å². The number of rotatable bonds is 5. The zero-order chi connectivity index (χ0) is 19.3. The van der Waals surface area contributed by atoms with Crippen LogP contribution in [0.25, 0.3) is 22.2 Å². The first-order valence-corrected chi connectivity index (χ1v) is 9.24. The lowest BCUT2D eigenvalue weighted by molar-refractivity contribution is 0.102. The highest BCUT2D eigenvalue weighted by Crippen LogP contribution is 2.27. The Labute approximate surface area is 163 Å². The molecule has 1 aromatic heterocycles. The number of pyridine rings is 1. The van der Waals surface area contributed by atoms with Crippen LogP contribution in [0.15, 0.2) is 84.9 Å². The number of benzene rings is 3. The predicted molar refractivity (Wildman–Crippen MR) is 113 cm³/mol. The van der Waals surface area contributed by atoms with E-state index in [1.807, 2.05) is 91.9 Å². The number of hydrogen-bond acceptors (Lipinski definition) is 3. The maximum Gasteiger partial charge on any atom is 0.256 e. The molecule has 1 amide bonds. The molecule has 0 fully saturated rings. The fourth-order valence-corrected chi connectivity index (χ4v) is 3.12. The lowest BCUT2D eigenvalue weighted by Crippen LogP contribution is -2.13. The number of nitrogens with one attached hydrogen (secondary N) is 1. The van der Waals surface area contributed by atoms with Crippen LogP contribution in [0, 0.1) is 0 Å². The molecule has 0 saturated carbocycles. The monoisotopic (exact) mass is 368 g/mol. The van der Waals surface area contributed by atoms with E-state index in [9.17, 15) is 4.79 Å². The Morgan fingerprint density at radius 2 is 1.64 bits per heavy atom. The second-order valence-corrected chi connectivity index (χ2v) is 6.35. The van der Waals surface area contributed by atoms with Crippen molar-refractivity contribution in [1.82, 2.24) is 4.98 Å². The predicted octanol–water partition coefficient (Wildman–Crippen LogP) is 5.55. The highest BCUT2D eigenvalue weighted by molar-refractivity contribution is 6.13. The normalized spacial score (nSPS) is 10.6. The fraction of sp³-hybridized carbons (Fsp3) is 0.0833. The molecule has 3 aromatic carbocycles. The molecule has 0 aliphatic carbocycles. The number of carbonyl (C=O) groups is 1. The third-order valence-corrected chi connectivity index (χ3v) is 4.45. The quantitative estimate of drug-likeness (QED) is 0.502. The third-order valence-electron chi connectivity index (χ3n) is 4.45. The number of para-hydroxylation sites is 2. The summed E-state index contributed by atoms with van der Waals surface area (Å²) in [7, 11) is 0. The van der Waals surface area contributed by atoms with Crippen LogP contribution in [-0.2, 0) is 0 Å². The van der Waals surface area contributed by atoms with Crippen molar-refractivity contribution >= 4 is 22.5 Å². The number of amides is 1. The van der Waals surface area contributed by atoms with Gasteiger partial charge in [0.1, 0.15) is 5.75 Å². The van der Waals surface area contributed by atoms with Gasteiger partial charge in [-0.1, -0.05) is 36.4 Å². The fourth-order valence-electron chi connectivity index (χ4n) is 3.12. The largest absolute Gasteiger partial charge is 0.494 e. The number of carbonyl (C=O) groups excluding carboxylic acids is 1. The van der Waals surface area contributed by atoms with Crippen LogP contribution >= 0.6 is 0 Å². The standard InChI is InChI=1S/C24H20N2O2/c1-2-28-19-14-12-17(13-15-19)23-16-21(20-10-6-7-11-22(20)26-23)24(27)25-18-8-4-3-5-9-18/h3-16H,2H2,1H3,(H,25,27). The summed E-state index contributed by atoms with van der Waals surface area (Å²) in [6.45, 7) is 2.58. The van der Waals surface area contributed by atoms with Crippen LogP contribution in [0.3, 0.4) is 0 Å². The Balaban J connectivity index is 1.76. The number of anilines is 1. The molecule has 4 rings (SSSR count). The Kier molecular flexibility index (Phi) is 5.02. The van der Waals surface area contributed by atoms with Gasteiger partial charge in [0.2, 0.25) is 0 Å². The van der Waals surface area contributed by atoms with E-state index in [0.717, 1.165) is 33.6 Å². The molecular formula is C24H20N2O2. The average molecular weight is 368 g/mol. The van der Waals surface area contributed by atoms with Gasteiger partial charge in [-0.2, -0.15) is 0 Å². The molecule has 4 aromatic rings. The highest BCUT2D eigenvalue weighted by atomic mass is 16.5. The molecule has 0 bridgehead atoms. The van der Waals surface area contributed by atoms with Gasteiger partial charge in [-0.05, 0) is 55.5 Å². The zero-order valence-electron chi connectivity index (χ0n) is 15.6. The van der Waals surface area contributed by atoms with Gasteiger partial charge in [-0.25, -0.2) is 4.98 Å². The van der Waals surface area contributed by atoms with Crippen molar-refractivity contribution in [2.24, 2.45) is 0 Å². The van der Waals surface area contributed by atoms with Crippen molar-refractivity contribution < 1.29 is 9.53 Å². The van der Waals surface area contributed by atoms with E-state index < -0.39 is 0 Å². The summed E-state index contributed by atoms with van der Waals surface area (Å²) in [4.78, 5) is 17.7. The molecule has 1 heterocycles. The number of aromatic nitrogens is 1. The van der Waals surface area contributed by atoms with Gasteiger partial charge in [-0.15, -0.1) is 0 Å². The van der Waals surface area contributed by atoms with E-state index in [1.165, 1.54) is 0 Å². The van der Waals surface area contributed by atoms with E-state index in [0.29, 0.717) is 12.2 Å². The smallest absolute Gasteiger partial charge is 0.256 e. The van der Waals surface area contributed by atoms with Crippen molar-refractivity contribution in [2.45, 2.75) is 6.92 Å². The molecule has 4 nitrogen and oxygen atoms in total. The molecule has 1 N–H and O–H groups in total. The first-order chi connectivity index (χ1) is 13.7. The Morgan fingerprint density at radius 1 is 0.929 bits per heavy atom. The lowest BCUT2D eigenvalue weighted by atomic mass is 10.0. The van der Waals surface area contributed by atoms with Crippen LogP contribution in [0.1, 0.15) is 17.3 Å². The zero-order valence-corrected chi connectivity index (χ0v) is 15.6. The van der Waals surface area contributed by atoms with Crippen molar-refractivity contribution in [3.63, 3.8) is 0 Å². The Morgan fingerprint density at radius 3 is 2.39 bits per heavy atom. The maximum atomic E-state index is 13.0. The maximum absolute atomic E-state index is 13.0. The van der Waals surface area contributed by atoms with Gasteiger partial charge in [0.25, 0.3) is 5.91 Å². The molecule has 0 radical (unpaired) electrons. The van der Waals surface area contributed by atoms with Gasteiger partial charge in [0.05, 0.1) is 23.4 Å². The molecule has 4 heteroatoms. The topological polar surface area (TPSA) is 51.2 Å². The lowest BCUT2D eigenvalue weighted by Gasteiger charge is -2.11. The molecular weight excluding hydrogens is 348 g/mol. The number of ether oxygens (including phenoxy) is 1. The van der Waals surface area contributed by atoms with Crippen LogP contribution in [-0.4, -0.2) is 17.5 Å². The van der Waals surface area contributed by atoms with Gasteiger partial charge >= 0.3 is 0 Å². The third kappa shape index (κ3) is 3.71. The molecule has 0 atom stereocenters. The van der Waals surface area contributed by atoms with Gasteiger partial charge in [0, 0.05) is 16.6 Å². The van der Waals surface area contributed by atoms with Crippen molar-refractivity contribution in [2.75, 3.05) is 11.9 Å². The minimum absolute atomic E-state index is 0.156. The SMILES string of the molecule is CCOc1ccc(-c2cc(C(=O)Nc3ccccc3)c3ccccc3n2)cc1. The van der Waals surface area contributed by atoms with Crippen LogP contribution in [0.5, 0.6) is 5.75 Å². The summed E-state index contributed by atoms with van der Waals surface area (Å²) in [5, 5.41) is 3.79. The van der Waals surface area contributed by atoms with E-state index in [2.05, 4.69) is 5.32 Å². The van der Waals surface area contributed by atoms with Crippen molar-refractivity contribution in [1.29, 1.82) is 0 Å². The minimum Gasteiger partial charge on any atom is -0.494 e. The summed E-state index contributed by atoms with van der Waals surface area (Å²) in [6, 6.07) is 26.7. The van der Waals surface area contributed by atoms with E-state index >= 15 is 0 Å². The van der Waals surface area contributed by atoms with E-state index in [-0.39, 0.29) is 5.91 Å². The molecule has 0 unspecified atom stereocenters. The molecule has 0 spiro atoms. The second-order valence-electron chi connectivity index (χ2n) is 6.35. The molecule has 0 aliphatic heterocycles. The summed E-state index contributed by atoms with van der Waals surface area (Å²) >= 11 is 0. The summed E-state index contributed by atoms with van der Waals surface area (Å²) in [6.07, 6.45) is 0. The molecule has 28 heavy (non-hydrogen) atoms. The molecule has 138 valence electrons. The number of nitrogens with zero attached hydrogens (tertiary/aromatic N) is 1. The highest BCUT2D eigenvalue weighted by Gasteiger charge is 2.14. The van der Waals surface area contributed by atoms with Crippen LogP contribution in [0.2, 0.25) is 0 Å². The van der Waals surface area contributed by atoms with Crippen molar-refractivity contribution in [3.8, 4) is 17.0 Å². The van der Waals surface area contributed by atoms with Gasteiger partial charge in [-0.3, -0.25) is 4.79 Å². The first-order valence-electron chi connectivity index (χ1n) is 9.24. The van der Waals surface area contributed by atoms with Crippen molar-refractivity contribution in [3.05, 3.63) is 90.5 Å². The Hall–Kier alpha value is -3.66. The molecule has 0 aliphatic rings. The second kappa shape index (κ2) is 7.92. The summed E-state index contributed by atoms with van der Waals surface area (Å²) < 4.78 is 5.51. The average Bonchev–Trinajstić information content (AvgIpc) is 2.74. The Bertz CT molecular complexity index is 1110. The number of fused-ring (bicyclic) bond motifs is 1. The van der Waals surface area contributed by atoms with Gasteiger partial charge in [0.15, 0.2) is 0 Å². The van der Waals surface area contributed by atoms with Crippen LogP contribution in [0.4, 0.5) is 5.69 Å². The van der Waals surface area contributed by atoms with E-state index in [1.54, 1.807) is 0 Å². The van der Waals surface area contributed by atoms with Gasteiger partial charge < -0.3 is 10.1 Å². The summed E-state index contributed by atoms with van der Waals surface area (Å²) in [5.74, 6) is 0.658.